The minimum Gasteiger partial charge on any atom is -0.507 e. The number of ether oxygens (including phenoxy) is 4. The molecule has 2 saturated carbocycles. The van der Waals surface area contributed by atoms with E-state index < -0.39 is 35.6 Å². The molecule has 2 fully saturated rings. The number of nitrogens with one attached hydrogen (secondary N) is 5. The summed E-state index contributed by atoms with van der Waals surface area (Å²) in [6.45, 7) is 7.25. The number of phenols is 2. The number of hydrogen-bond donors (Lipinski definition) is 12. The third kappa shape index (κ3) is 14.2. The van der Waals surface area contributed by atoms with Crippen LogP contribution in [0.3, 0.4) is 0 Å². The third-order valence-corrected chi connectivity index (χ3v) is 22.3. The Kier molecular flexibility index (Phi) is 21.2. The number of phenolic OH excluding ortho intramolecular Hbond substituents is 2. The SMILES string of the molecule is CC(C)C[C@@](C)(O)CNCN[C@H]1C#CC[C@@H](CO)Oc2cc(cc(CCCO)c2O)[C@H]2Oc3c(c4c(c5c3CC[C@@H](CO)O5)-c3ccc(O)c5c3[C@H](C4)[C@H](c3ccc4[nH]ccc4c3)C(CNCCCc3ccccc3)=C5)C[C@]12OCN[C@H]1CCC[C@]2(CCC[C@H]2C(=O)CCCO)C1. The van der Waals surface area contributed by atoms with Crippen molar-refractivity contribution in [2.45, 2.75) is 196 Å². The van der Waals surface area contributed by atoms with Crippen LogP contribution in [0, 0.1) is 29.1 Å². The number of fused-ring (bicyclic) bond motifs is 12. The summed E-state index contributed by atoms with van der Waals surface area (Å²) < 4.78 is 29.7. The van der Waals surface area contributed by atoms with E-state index in [4.69, 9.17) is 18.9 Å². The molecule has 1 spiro atoms. The van der Waals surface area contributed by atoms with Crippen molar-refractivity contribution in [1.82, 2.24) is 26.3 Å². The molecule has 5 aromatic carbocycles. The summed E-state index contributed by atoms with van der Waals surface area (Å²) >= 11 is 0. The molecule has 0 amide bonds. The second-order valence-electron chi connectivity index (χ2n) is 29.6. The van der Waals surface area contributed by atoms with Crippen LogP contribution in [0.1, 0.15) is 179 Å². The summed E-state index contributed by atoms with van der Waals surface area (Å²) in [7, 11) is 0. The largest absolute Gasteiger partial charge is 0.507 e. The first-order chi connectivity index (χ1) is 47.1. The van der Waals surface area contributed by atoms with E-state index in [2.05, 4.69) is 107 Å². The lowest BCUT2D eigenvalue weighted by Gasteiger charge is -2.50. The lowest BCUT2D eigenvalue weighted by Crippen LogP contribution is -2.62. The molecule has 4 heterocycles. The Bertz CT molecular complexity index is 3870. The van der Waals surface area contributed by atoms with E-state index in [1.54, 1.807) is 6.07 Å². The van der Waals surface area contributed by atoms with E-state index in [1.807, 2.05) is 37.4 Å². The van der Waals surface area contributed by atoms with Crippen LogP contribution in [0.2, 0.25) is 0 Å². The zero-order valence-electron chi connectivity index (χ0n) is 56.8. The van der Waals surface area contributed by atoms with Gasteiger partial charge in [-0.15, -0.1) is 0 Å². The number of carbonyl (C=O) groups excluding carboxylic acids is 1. The van der Waals surface area contributed by atoms with Crippen molar-refractivity contribution in [3.8, 4) is 51.7 Å². The molecular formula is C80H101N5O12. The van der Waals surface area contributed by atoms with Gasteiger partial charge < -0.3 is 70.3 Å². The first kappa shape index (κ1) is 68.7. The number of carbonyl (C=O) groups is 1. The van der Waals surface area contributed by atoms with Gasteiger partial charge in [-0.3, -0.25) is 15.4 Å². The Morgan fingerprint density at radius 2 is 1.66 bits per heavy atom. The van der Waals surface area contributed by atoms with E-state index in [1.165, 1.54) is 5.56 Å². The fraction of sp³-hybridized carbons (Fsp3) is 0.537. The average molecular weight is 1320 g/mol. The first-order valence-electron chi connectivity index (χ1n) is 36.1. The number of aryl methyl sites for hydroxylation is 2. The van der Waals surface area contributed by atoms with Crippen molar-refractivity contribution in [1.29, 1.82) is 0 Å². The number of aliphatic hydroxyl groups excluding tert-OH is 4. The maximum Gasteiger partial charge on any atom is 0.162 e. The monoisotopic (exact) mass is 1320 g/mol. The summed E-state index contributed by atoms with van der Waals surface area (Å²) in [5.41, 5.74) is 9.63. The molecule has 12 N–H and O–H groups in total. The maximum absolute atomic E-state index is 14.0. The predicted molar refractivity (Wildman–Crippen MR) is 376 cm³/mol. The molecule has 518 valence electrons. The van der Waals surface area contributed by atoms with Gasteiger partial charge in [-0.2, -0.15) is 0 Å². The standard InChI is InChI=1S/C80H101N5O12/c1-49(2)40-78(3,93)46-82-47-84-70-21-7-18-57(44-88)95-69-38-54(36-53(74(69)92)16-11-33-86)77-80(70,94-48-85-56-17-8-29-79(41-56)30-9-19-65(79)68(91)20-12-34-87)42-64-61-39-63-71(52-22-26-66-51(35-52)28-32-83-66)55(43-81-31-10-15-50-13-5-4-6-14-50)37-62-67(90)27-25-59(72(62)63)73(61)76-60(75(64)97-77)24-23-58(45-89)96-76/h4-6,13-14,22,25-28,32,35-38,49,56-58,63,65,70-71,77,81-90,92-93H,8-12,15-20,23-24,29-31,33-34,39-48H2,1-3H3/t56-,57-,58-,63+,65-,70-,71+,77+,78+,79-,80-/m0/s1. The van der Waals surface area contributed by atoms with Crippen molar-refractivity contribution in [2.75, 3.05) is 59.5 Å². The molecule has 2 bridgehead atoms. The van der Waals surface area contributed by atoms with Crippen molar-refractivity contribution in [2.24, 2.45) is 17.3 Å². The second-order valence-corrected chi connectivity index (χ2v) is 29.6. The van der Waals surface area contributed by atoms with Gasteiger partial charge in [0.1, 0.15) is 46.9 Å². The zero-order chi connectivity index (χ0) is 67.4. The number of aliphatic hydroxyl groups is 5. The summed E-state index contributed by atoms with van der Waals surface area (Å²) in [5.74, 6) is 8.75. The minimum atomic E-state index is -1.44. The molecule has 6 aromatic rings. The lowest BCUT2D eigenvalue weighted by atomic mass is 9.62. The Hall–Kier alpha value is -6.79. The Morgan fingerprint density at radius 1 is 0.835 bits per heavy atom. The molecule has 3 aliphatic heterocycles. The molecule has 7 aliphatic rings. The van der Waals surface area contributed by atoms with Crippen LogP contribution in [0.4, 0.5) is 0 Å². The quantitative estimate of drug-likeness (QED) is 0.0130. The van der Waals surface area contributed by atoms with E-state index in [0.717, 1.165) is 125 Å². The summed E-state index contributed by atoms with van der Waals surface area (Å²) in [4.78, 5) is 17.4. The van der Waals surface area contributed by atoms with Gasteiger partial charge in [0, 0.05) is 104 Å². The number of ketones is 1. The summed E-state index contributed by atoms with van der Waals surface area (Å²) in [6.07, 6.45) is 14.1. The smallest absolute Gasteiger partial charge is 0.162 e. The highest BCUT2D eigenvalue weighted by atomic mass is 16.6. The highest BCUT2D eigenvalue weighted by molar-refractivity contribution is 5.90. The number of hydrogen-bond acceptors (Lipinski definition) is 16. The van der Waals surface area contributed by atoms with Crippen LogP contribution in [-0.2, 0) is 41.6 Å². The molecule has 0 radical (unpaired) electrons. The molecule has 13 rings (SSSR count). The minimum absolute atomic E-state index is 0.00799. The average Bonchev–Trinajstić information content (AvgIpc) is 0.819. The number of Topliss-reactive ketones (excluding diaryl/α,β-unsaturated/α-hetero) is 1. The van der Waals surface area contributed by atoms with Gasteiger partial charge in [-0.05, 0) is 213 Å². The number of rotatable bonds is 27. The van der Waals surface area contributed by atoms with E-state index in [0.29, 0.717) is 80.5 Å². The number of H-pyrrole nitrogens is 1. The second kappa shape index (κ2) is 30.0. The number of benzene rings is 5. The topological polar surface area (TPSA) is 260 Å². The van der Waals surface area contributed by atoms with Crippen LogP contribution in [0.15, 0.2) is 90.6 Å². The van der Waals surface area contributed by atoms with Gasteiger partial charge in [0.25, 0.3) is 0 Å². The summed E-state index contributed by atoms with van der Waals surface area (Å²) in [5, 5.41) is 94.6. The van der Waals surface area contributed by atoms with Gasteiger partial charge >= 0.3 is 0 Å². The van der Waals surface area contributed by atoms with Gasteiger partial charge in [-0.1, -0.05) is 81.0 Å². The Morgan fingerprint density at radius 3 is 2.46 bits per heavy atom. The molecule has 0 saturated heterocycles. The Balaban J connectivity index is 0.983. The molecule has 17 heteroatoms. The van der Waals surface area contributed by atoms with Crippen molar-refractivity contribution in [3.63, 3.8) is 0 Å². The van der Waals surface area contributed by atoms with Crippen LogP contribution in [0.5, 0.6) is 28.7 Å². The van der Waals surface area contributed by atoms with Gasteiger partial charge in [-0.25, -0.2) is 0 Å². The van der Waals surface area contributed by atoms with Crippen LogP contribution in [0.25, 0.3) is 28.1 Å². The highest BCUT2D eigenvalue weighted by Gasteiger charge is 2.56. The number of aromatic hydroxyl groups is 2. The molecule has 1 aromatic heterocycles. The lowest BCUT2D eigenvalue weighted by molar-refractivity contribution is -0.145. The third-order valence-electron chi connectivity index (χ3n) is 22.3. The van der Waals surface area contributed by atoms with E-state index >= 15 is 0 Å². The van der Waals surface area contributed by atoms with Crippen molar-refractivity contribution >= 4 is 22.8 Å². The molecular weight excluding hydrogens is 1220 g/mol. The van der Waals surface area contributed by atoms with Crippen LogP contribution >= 0.6 is 0 Å². The molecule has 11 atom stereocenters. The zero-order valence-corrected chi connectivity index (χ0v) is 56.8. The highest BCUT2D eigenvalue weighted by Crippen LogP contribution is 2.62. The molecule has 0 unspecified atom stereocenters. The van der Waals surface area contributed by atoms with Gasteiger partial charge in [0.05, 0.1) is 25.5 Å². The summed E-state index contributed by atoms with van der Waals surface area (Å²) in [6, 6.07) is 26.2. The van der Waals surface area contributed by atoms with E-state index in [9.17, 15) is 40.5 Å². The molecule has 17 nitrogen and oxygen atoms in total. The van der Waals surface area contributed by atoms with Crippen molar-refractivity contribution < 1.29 is 59.5 Å². The normalized spacial score (nSPS) is 26.0. The number of aromatic nitrogens is 1. The van der Waals surface area contributed by atoms with Crippen LogP contribution < -0.4 is 35.5 Å². The Labute approximate surface area is 571 Å². The molecule has 97 heavy (non-hydrogen) atoms. The van der Waals surface area contributed by atoms with Crippen molar-refractivity contribution in [3.05, 3.63) is 141 Å². The fourth-order valence-electron chi connectivity index (χ4n) is 18.1. The number of aromatic amines is 1. The fourth-order valence-corrected chi connectivity index (χ4v) is 18.1. The first-order valence-corrected chi connectivity index (χ1v) is 36.1. The van der Waals surface area contributed by atoms with Gasteiger partial charge in [0.15, 0.2) is 17.6 Å². The predicted octanol–water partition coefficient (Wildman–Crippen LogP) is 10.4. The maximum atomic E-state index is 14.0. The van der Waals surface area contributed by atoms with E-state index in [-0.39, 0.29) is 117 Å². The van der Waals surface area contributed by atoms with Crippen LogP contribution in [-0.4, -0.2) is 141 Å². The van der Waals surface area contributed by atoms with Gasteiger partial charge in [0.2, 0.25) is 0 Å². The molecule has 4 aliphatic carbocycles.